The summed E-state index contributed by atoms with van der Waals surface area (Å²) in [5, 5.41) is 9.08. The second-order valence-electron chi connectivity index (χ2n) is 12.7. The van der Waals surface area contributed by atoms with Gasteiger partial charge >= 0.3 is 0 Å². The minimum absolute atomic E-state index is 0.0110. The lowest BCUT2D eigenvalue weighted by atomic mass is 9.87. The molecule has 0 aromatic heterocycles. The number of aliphatic imine (C=N–C) groups is 1. The topological polar surface area (TPSA) is 59.7 Å². The zero-order valence-electron chi connectivity index (χ0n) is 26.7. The number of allylic oxidation sites excluding steroid dienone is 7. The minimum atomic E-state index is -0.0110. The Labute approximate surface area is 264 Å². The van der Waals surface area contributed by atoms with Crippen LogP contribution in [0.25, 0.3) is 5.57 Å². The number of hydrogen-bond acceptors (Lipinski definition) is 4. The third-order valence-electron chi connectivity index (χ3n) is 9.59. The molecule has 0 N–H and O–H groups in total. The number of amides is 1. The molecule has 1 atom stereocenters. The molecule has 4 aliphatic rings. The summed E-state index contributed by atoms with van der Waals surface area (Å²) in [6.45, 7) is 9.56. The van der Waals surface area contributed by atoms with Crippen LogP contribution in [0.3, 0.4) is 0 Å². The van der Waals surface area contributed by atoms with Crippen molar-refractivity contribution in [2.75, 3.05) is 33.2 Å². The maximum absolute atomic E-state index is 13.0. The number of nitrogens with zero attached hydrogens (tertiary/aromatic N) is 4. The number of carbonyl (C=O) groups is 1. The maximum Gasteiger partial charge on any atom is 0.249 e. The van der Waals surface area contributed by atoms with E-state index in [1.54, 1.807) is 12.6 Å². The molecule has 1 aromatic rings. The molecular weight excluding hydrogens is 540 g/mol. The second-order valence-corrected chi connectivity index (χ2v) is 12.7. The summed E-state index contributed by atoms with van der Waals surface area (Å²) in [5.41, 5.74) is 9.97. The van der Waals surface area contributed by atoms with Crippen LogP contribution in [-0.2, 0) is 4.79 Å². The number of benzene rings is 1. The van der Waals surface area contributed by atoms with E-state index < -0.39 is 0 Å². The molecule has 0 spiro atoms. The van der Waals surface area contributed by atoms with Crippen LogP contribution >= 0.6 is 0 Å². The fraction of sp³-hybridized carbons (Fsp3) is 0.462. The Morgan fingerprint density at radius 3 is 2.64 bits per heavy atom. The summed E-state index contributed by atoms with van der Waals surface area (Å²) in [6.07, 6.45) is 23.9. The molecule has 1 amide bonds. The fourth-order valence-corrected chi connectivity index (χ4v) is 6.98. The van der Waals surface area contributed by atoms with Gasteiger partial charge in [0.15, 0.2) is 0 Å². The number of carbonyl (C=O) groups excluding carboxylic acids is 1. The van der Waals surface area contributed by atoms with Crippen LogP contribution in [0.15, 0.2) is 94.2 Å². The van der Waals surface area contributed by atoms with Crippen LogP contribution in [0.1, 0.15) is 88.2 Å². The molecule has 2 heterocycles. The highest BCUT2D eigenvalue weighted by molar-refractivity contribution is 5.94. The smallest absolute Gasteiger partial charge is 0.249 e. The van der Waals surface area contributed by atoms with Gasteiger partial charge in [0, 0.05) is 56.3 Å². The van der Waals surface area contributed by atoms with E-state index in [4.69, 9.17) is 5.26 Å². The monoisotopic (exact) mass is 588 g/mol. The summed E-state index contributed by atoms with van der Waals surface area (Å²) in [6, 6.07) is 11.6. The third-order valence-corrected chi connectivity index (χ3v) is 9.59. The van der Waals surface area contributed by atoms with Gasteiger partial charge in [0.2, 0.25) is 5.91 Å². The van der Waals surface area contributed by atoms with E-state index in [0.717, 1.165) is 55.6 Å². The quantitative estimate of drug-likeness (QED) is 0.227. The molecule has 1 fully saturated rings. The Morgan fingerprint density at radius 1 is 1.07 bits per heavy atom. The number of rotatable bonds is 8. The van der Waals surface area contributed by atoms with Crippen molar-refractivity contribution < 1.29 is 4.79 Å². The highest BCUT2D eigenvalue weighted by Crippen LogP contribution is 2.36. The molecule has 1 saturated heterocycles. The lowest BCUT2D eigenvalue weighted by molar-refractivity contribution is -0.132. The Morgan fingerprint density at radius 2 is 1.89 bits per heavy atom. The Hall–Kier alpha value is -3.91. The highest BCUT2D eigenvalue weighted by atomic mass is 16.2. The van der Waals surface area contributed by atoms with Crippen LogP contribution in [0.5, 0.6) is 0 Å². The molecule has 1 aromatic carbocycles. The predicted octanol–water partition coefficient (Wildman–Crippen LogP) is 8.32. The molecule has 5 rings (SSSR count). The predicted molar refractivity (Wildman–Crippen MR) is 182 cm³/mol. The van der Waals surface area contributed by atoms with Crippen LogP contribution in [-0.4, -0.2) is 55.1 Å². The molecule has 2 aliphatic heterocycles. The van der Waals surface area contributed by atoms with Gasteiger partial charge in [-0.05, 0) is 98.1 Å². The lowest BCUT2D eigenvalue weighted by Crippen LogP contribution is -2.50. The molecule has 230 valence electrons. The van der Waals surface area contributed by atoms with Gasteiger partial charge in [-0.15, -0.1) is 0 Å². The van der Waals surface area contributed by atoms with Gasteiger partial charge in [-0.2, -0.15) is 5.26 Å². The Bertz CT molecular complexity index is 1440. The Balaban J connectivity index is 1.29. The molecule has 0 saturated carbocycles. The number of nitriles is 1. The van der Waals surface area contributed by atoms with Crippen molar-refractivity contribution in [1.82, 2.24) is 9.80 Å². The van der Waals surface area contributed by atoms with E-state index in [1.807, 2.05) is 11.1 Å². The Kier molecular flexibility index (Phi) is 10.9. The van der Waals surface area contributed by atoms with Crippen LogP contribution in [0.2, 0.25) is 0 Å². The lowest BCUT2D eigenvalue weighted by Gasteiger charge is -2.37. The zero-order valence-corrected chi connectivity index (χ0v) is 26.7. The van der Waals surface area contributed by atoms with Crippen molar-refractivity contribution in [3.63, 3.8) is 0 Å². The van der Waals surface area contributed by atoms with E-state index in [1.165, 1.54) is 60.8 Å². The molecule has 5 nitrogen and oxygen atoms in total. The standard InChI is InChI=1S/C39H48N4O/c1-4-8-30-9-5-10-32(16-14-30)33-17-19-34(20-18-33)36-15-13-29(2)37(25-36)38(21-22-41-3)42-23-6-11-35(12-7-24-42)39(44)43-27-31(26-40)28-43/h9,11,15,17-22,25,31-32H,2,4-8,10,12-14,16,23-24,27-28H2,1,3H3/b35-11-,38-21+,41-22?. The van der Waals surface area contributed by atoms with Crippen molar-refractivity contribution in [2.24, 2.45) is 10.9 Å². The number of likely N-dealkylation sites (tertiary alicyclic amines) is 1. The average molecular weight is 589 g/mol. The van der Waals surface area contributed by atoms with Gasteiger partial charge in [-0.3, -0.25) is 9.79 Å². The van der Waals surface area contributed by atoms with E-state index in [2.05, 4.69) is 84.1 Å². The van der Waals surface area contributed by atoms with Crippen molar-refractivity contribution in [3.8, 4) is 6.07 Å². The van der Waals surface area contributed by atoms with E-state index in [0.29, 0.717) is 19.0 Å². The van der Waals surface area contributed by atoms with Gasteiger partial charge < -0.3 is 9.80 Å². The normalized spacial score (nSPS) is 23.3. The molecule has 0 radical (unpaired) electrons. The van der Waals surface area contributed by atoms with Gasteiger partial charge in [-0.1, -0.05) is 68.0 Å². The van der Waals surface area contributed by atoms with Crippen LogP contribution in [0, 0.1) is 17.2 Å². The molecule has 2 aliphatic carbocycles. The van der Waals surface area contributed by atoms with Crippen molar-refractivity contribution >= 4 is 17.7 Å². The molecule has 0 bridgehead atoms. The first kappa shape index (κ1) is 31.5. The summed E-state index contributed by atoms with van der Waals surface area (Å²) >= 11 is 0. The fourth-order valence-electron chi connectivity index (χ4n) is 6.98. The van der Waals surface area contributed by atoms with E-state index in [-0.39, 0.29) is 11.8 Å². The first-order chi connectivity index (χ1) is 21.5. The molecule has 44 heavy (non-hydrogen) atoms. The third kappa shape index (κ3) is 7.59. The first-order valence-corrected chi connectivity index (χ1v) is 16.6. The highest BCUT2D eigenvalue weighted by Gasteiger charge is 2.32. The number of hydrogen-bond donors (Lipinski definition) is 0. The van der Waals surface area contributed by atoms with Gasteiger partial charge in [-0.25, -0.2) is 0 Å². The zero-order chi connectivity index (χ0) is 30.9. The van der Waals surface area contributed by atoms with Crippen LogP contribution in [0.4, 0.5) is 0 Å². The van der Waals surface area contributed by atoms with Gasteiger partial charge in [0.25, 0.3) is 0 Å². The SMILES string of the molecule is C=C1CC=C(c2ccc(C3CCC=C(CCC)CC3)cc2)C=C1/C(=C\C=NC)N1CC/C=C(\C(=O)N2CC(C#N)C2)CCC1. The van der Waals surface area contributed by atoms with Gasteiger partial charge in [0.05, 0.1) is 12.0 Å². The molecule has 1 unspecified atom stereocenters. The van der Waals surface area contributed by atoms with E-state index in [9.17, 15) is 4.79 Å². The average Bonchev–Trinajstić information content (AvgIpc) is 3.24. The largest absolute Gasteiger partial charge is 0.371 e. The molecular formula is C39H48N4O. The van der Waals surface area contributed by atoms with Crippen molar-refractivity contribution in [3.05, 3.63) is 100 Å². The van der Waals surface area contributed by atoms with Crippen LogP contribution < -0.4 is 0 Å². The first-order valence-electron chi connectivity index (χ1n) is 16.6. The summed E-state index contributed by atoms with van der Waals surface area (Å²) in [5.74, 6) is 0.740. The maximum atomic E-state index is 13.0. The minimum Gasteiger partial charge on any atom is -0.371 e. The van der Waals surface area contributed by atoms with E-state index >= 15 is 0 Å². The summed E-state index contributed by atoms with van der Waals surface area (Å²) in [7, 11) is 1.81. The summed E-state index contributed by atoms with van der Waals surface area (Å²) < 4.78 is 0. The van der Waals surface area contributed by atoms with Crippen molar-refractivity contribution in [2.45, 2.75) is 77.0 Å². The second kappa shape index (κ2) is 15.2. The van der Waals surface area contributed by atoms with Crippen molar-refractivity contribution in [1.29, 1.82) is 5.26 Å². The summed E-state index contributed by atoms with van der Waals surface area (Å²) in [4.78, 5) is 21.5. The van der Waals surface area contributed by atoms with Gasteiger partial charge in [0.1, 0.15) is 0 Å². The molecule has 5 heteroatoms.